The molecule has 0 aromatic rings. The molecular formula is C14H26F3IN4O. The van der Waals surface area contributed by atoms with Gasteiger partial charge in [-0.15, -0.1) is 24.0 Å². The SMILES string of the molecule is CN=C(NCC(O)C(F)(F)F)N1CCC(CN2CCCC2)C1.I. The van der Waals surface area contributed by atoms with Gasteiger partial charge < -0.3 is 20.2 Å². The number of hydrogen-bond donors (Lipinski definition) is 2. The maximum atomic E-state index is 12.3. The van der Waals surface area contributed by atoms with Gasteiger partial charge in [0.2, 0.25) is 0 Å². The van der Waals surface area contributed by atoms with E-state index in [0.29, 0.717) is 11.9 Å². The molecule has 2 aliphatic heterocycles. The van der Waals surface area contributed by atoms with Crippen LogP contribution in [0.4, 0.5) is 13.2 Å². The van der Waals surface area contributed by atoms with Crippen LogP contribution in [0.2, 0.25) is 0 Å². The molecule has 0 saturated carbocycles. The summed E-state index contributed by atoms with van der Waals surface area (Å²) in [6.07, 6.45) is -3.43. The van der Waals surface area contributed by atoms with Crippen molar-refractivity contribution in [1.29, 1.82) is 0 Å². The standard InChI is InChI=1S/C14H25F3N4O.HI/c1-18-13(19-8-12(22)14(15,16)17)21-7-4-11(10-21)9-20-5-2-3-6-20;/h11-12,22H,2-10H2,1H3,(H,18,19);1H. The third-order valence-corrected chi connectivity index (χ3v) is 4.34. The third kappa shape index (κ3) is 6.26. The maximum absolute atomic E-state index is 12.3. The van der Waals surface area contributed by atoms with Crippen LogP contribution in [0.5, 0.6) is 0 Å². The minimum absolute atomic E-state index is 0. The van der Waals surface area contributed by atoms with E-state index >= 15 is 0 Å². The molecule has 2 aliphatic rings. The lowest BCUT2D eigenvalue weighted by Crippen LogP contribution is -2.46. The zero-order valence-corrected chi connectivity index (χ0v) is 15.7. The molecule has 0 aromatic carbocycles. The summed E-state index contributed by atoms with van der Waals surface area (Å²) in [5.74, 6) is 0.969. The van der Waals surface area contributed by atoms with Crippen LogP contribution >= 0.6 is 24.0 Å². The highest BCUT2D eigenvalue weighted by molar-refractivity contribution is 14.0. The molecular weight excluding hydrogens is 424 g/mol. The molecule has 2 unspecified atom stereocenters. The van der Waals surface area contributed by atoms with E-state index in [1.54, 1.807) is 7.05 Å². The second kappa shape index (κ2) is 9.26. The van der Waals surface area contributed by atoms with E-state index in [4.69, 9.17) is 5.11 Å². The van der Waals surface area contributed by atoms with Gasteiger partial charge in [-0.3, -0.25) is 4.99 Å². The Balaban J connectivity index is 0.00000264. The number of nitrogens with zero attached hydrogens (tertiary/aromatic N) is 3. The minimum atomic E-state index is -4.60. The first-order valence-electron chi connectivity index (χ1n) is 7.83. The fourth-order valence-corrected chi connectivity index (χ4v) is 3.14. The molecule has 136 valence electrons. The first kappa shape index (κ1) is 20.8. The van der Waals surface area contributed by atoms with E-state index in [1.165, 1.54) is 12.8 Å². The molecule has 0 aromatic heterocycles. The number of nitrogens with one attached hydrogen (secondary N) is 1. The molecule has 0 radical (unpaired) electrons. The summed E-state index contributed by atoms with van der Waals surface area (Å²) in [4.78, 5) is 8.46. The Morgan fingerprint density at radius 3 is 2.52 bits per heavy atom. The van der Waals surface area contributed by atoms with Crippen molar-refractivity contribution in [3.8, 4) is 0 Å². The lowest BCUT2D eigenvalue weighted by Gasteiger charge is -2.24. The number of guanidine groups is 1. The molecule has 2 heterocycles. The first-order valence-corrected chi connectivity index (χ1v) is 7.83. The molecule has 0 aliphatic carbocycles. The van der Waals surface area contributed by atoms with Crippen molar-refractivity contribution in [3.63, 3.8) is 0 Å². The number of hydrogen-bond acceptors (Lipinski definition) is 3. The van der Waals surface area contributed by atoms with Gasteiger partial charge in [-0.1, -0.05) is 0 Å². The Hall–Kier alpha value is -0.290. The van der Waals surface area contributed by atoms with Crippen molar-refractivity contribution in [2.24, 2.45) is 10.9 Å². The monoisotopic (exact) mass is 450 g/mol. The van der Waals surface area contributed by atoms with Gasteiger partial charge in [0.1, 0.15) is 0 Å². The van der Waals surface area contributed by atoms with Crippen molar-refractivity contribution in [2.45, 2.75) is 31.5 Å². The van der Waals surface area contributed by atoms with Crippen LogP contribution < -0.4 is 5.32 Å². The summed E-state index contributed by atoms with van der Waals surface area (Å²) < 4.78 is 37.0. The molecule has 5 nitrogen and oxygen atoms in total. The van der Waals surface area contributed by atoms with E-state index in [2.05, 4.69) is 15.2 Å². The largest absolute Gasteiger partial charge is 0.416 e. The van der Waals surface area contributed by atoms with Gasteiger partial charge in [-0.2, -0.15) is 13.2 Å². The van der Waals surface area contributed by atoms with E-state index in [-0.39, 0.29) is 24.0 Å². The molecule has 0 spiro atoms. The highest BCUT2D eigenvalue weighted by atomic mass is 127. The Kier molecular flexibility index (Phi) is 8.36. The summed E-state index contributed by atoms with van der Waals surface area (Å²) in [6, 6.07) is 0. The Labute approximate surface area is 152 Å². The van der Waals surface area contributed by atoms with E-state index in [0.717, 1.165) is 39.1 Å². The highest BCUT2D eigenvalue weighted by Gasteiger charge is 2.38. The average molecular weight is 450 g/mol. The summed E-state index contributed by atoms with van der Waals surface area (Å²) in [5.41, 5.74) is 0. The molecule has 2 N–H and O–H groups in total. The Morgan fingerprint density at radius 2 is 1.96 bits per heavy atom. The molecule has 2 fully saturated rings. The van der Waals surface area contributed by atoms with Crippen LogP contribution in [0.3, 0.4) is 0 Å². The van der Waals surface area contributed by atoms with Gasteiger partial charge in [0, 0.05) is 26.7 Å². The average Bonchev–Trinajstić information content (AvgIpc) is 3.11. The summed E-state index contributed by atoms with van der Waals surface area (Å²) in [7, 11) is 1.55. The molecule has 9 heteroatoms. The fourth-order valence-electron chi connectivity index (χ4n) is 3.14. The Bertz CT molecular complexity index is 389. The second-order valence-electron chi connectivity index (χ2n) is 6.09. The number of rotatable bonds is 4. The van der Waals surface area contributed by atoms with E-state index in [1.807, 2.05) is 4.90 Å². The summed E-state index contributed by atoms with van der Waals surface area (Å²) in [5, 5.41) is 11.7. The van der Waals surface area contributed by atoms with Crippen LogP contribution in [0.1, 0.15) is 19.3 Å². The van der Waals surface area contributed by atoms with Gasteiger partial charge >= 0.3 is 6.18 Å². The summed E-state index contributed by atoms with van der Waals surface area (Å²) in [6.45, 7) is 4.39. The molecule has 2 rings (SSSR count). The van der Waals surface area contributed by atoms with Crippen LogP contribution in [0, 0.1) is 5.92 Å². The molecule has 23 heavy (non-hydrogen) atoms. The lowest BCUT2D eigenvalue weighted by molar-refractivity contribution is -0.201. The zero-order chi connectivity index (χ0) is 16.2. The van der Waals surface area contributed by atoms with Crippen molar-refractivity contribution >= 4 is 29.9 Å². The van der Waals surface area contributed by atoms with Crippen LogP contribution in [0.15, 0.2) is 4.99 Å². The van der Waals surface area contributed by atoms with Gasteiger partial charge in [-0.05, 0) is 38.3 Å². The number of aliphatic imine (C=N–C) groups is 1. The van der Waals surface area contributed by atoms with Crippen molar-refractivity contribution < 1.29 is 18.3 Å². The van der Waals surface area contributed by atoms with Gasteiger partial charge in [0.05, 0.1) is 6.54 Å². The quantitative estimate of drug-likeness (QED) is 0.388. The normalized spacial score (nSPS) is 24.7. The Morgan fingerprint density at radius 1 is 1.30 bits per heavy atom. The molecule has 2 atom stereocenters. The zero-order valence-electron chi connectivity index (χ0n) is 13.3. The van der Waals surface area contributed by atoms with Crippen LogP contribution in [0.25, 0.3) is 0 Å². The van der Waals surface area contributed by atoms with Crippen LogP contribution in [-0.2, 0) is 0 Å². The number of aliphatic hydroxyl groups excluding tert-OH is 1. The number of alkyl halides is 3. The van der Waals surface area contributed by atoms with Crippen molar-refractivity contribution in [3.05, 3.63) is 0 Å². The number of aliphatic hydroxyl groups is 1. The third-order valence-electron chi connectivity index (χ3n) is 4.34. The predicted octanol–water partition coefficient (Wildman–Crippen LogP) is 1.52. The molecule has 0 bridgehead atoms. The minimum Gasteiger partial charge on any atom is -0.382 e. The molecule has 2 saturated heterocycles. The topological polar surface area (TPSA) is 51.1 Å². The second-order valence-corrected chi connectivity index (χ2v) is 6.09. The van der Waals surface area contributed by atoms with Gasteiger partial charge in [0.25, 0.3) is 0 Å². The van der Waals surface area contributed by atoms with Crippen molar-refractivity contribution in [2.75, 3.05) is 46.3 Å². The van der Waals surface area contributed by atoms with E-state index in [9.17, 15) is 13.2 Å². The fraction of sp³-hybridized carbons (Fsp3) is 0.929. The first-order chi connectivity index (χ1) is 10.4. The predicted molar refractivity (Wildman–Crippen MR) is 94.2 cm³/mol. The van der Waals surface area contributed by atoms with Crippen molar-refractivity contribution in [1.82, 2.24) is 15.1 Å². The summed E-state index contributed by atoms with van der Waals surface area (Å²) >= 11 is 0. The van der Waals surface area contributed by atoms with Gasteiger partial charge in [-0.25, -0.2) is 0 Å². The van der Waals surface area contributed by atoms with Gasteiger partial charge in [0.15, 0.2) is 12.1 Å². The van der Waals surface area contributed by atoms with E-state index < -0.39 is 18.8 Å². The lowest BCUT2D eigenvalue weighted by atomic mass is 10.1. The smallest absolute Gasteiger partial charge is 0.382 e. The highest BCUT2D eigenvalue weighted by Crippen LogP contribution is 2.21. The van der Waals surface area contributed by atoms with Crippen LogP contribution in [-0.4, -0.2) is 79.5 Å². The molecule has 0 amide bonds. The number of halogens is 4. The maximum Gasteiger partial charge on any atom is 0.416 e. The number of likely N-dealkylation sites (tertiary alicyclic amines) is 2.